The van der Waals surface area contributed by atoms with Gasteiger partial charge in [0.05, 0.1) is 12.7 Å². The summed E-state index contributed by atoms with van der Waals surface area (Å²) in [6.45, 7) is 10.7. The van der Waals surface area contributed by atoms with E-state index in [9.17, 15) is 4.79 Å². The number of hydrogen-bond acceptors (Lipinski definition) is 3. The third-order valence-corrected chi connectivity index (χ3v) is 7.19. The van der Waals surface area contributed by atoms with E-state index < -0.39 is 0 Å². The maximum absolute atomic E-state index is 12.1. The Morgan fingerprint density at radius 2 is 2.03 bits per heavy atom. The van der Waals surface area contributed by atoms with Crippen LogP contribution >= 0.6 is 0 Å². The van der Waals surface area contributed by atoms with Gasteiger partial charge in [0.1, 0.15) is 6.61 Å². The number of aryl methyl sites for hydroxylation is 1. The molecule has 1 N–H and O–H groups in total. The van der Waals surface area contributed by atoms with E-state index in [0.29, 0.717) is 37.5 Å². The van der Waals surface area contributed by atoms with Crippen molar-refractivity contribution in [1.82, 2.24) is 5.32 Å². The van der Waals surface area contributed by atoms with E-state index in [1.54, 1.807) is 0 Å². The number of carbonyl (C=O) groups excluding carboxylic acids is 1. The zero-order valence-corrected chi connectivity index (χ0v) is 18.4. The molecule has 160 valence electrons. The fourth-order valence-corrected chi connectivity index (χ4v) is 5.22. The molecular weight excluding hydrogens is 362 g/mol. The Hall–Kier alpha value is -1.81. The van der Waals surface area contributed by atoms with E-state index in [-0.39, 0.29) is 17.6 Å². The number of benzene rings is 1. The minimum Gasteiger partial charge on any atom is -0.449 e. The molecule has 1 aliphatic carbocycles. The van der Waals surface area contributed by atoms with E-state index in [2.05, 4.69) is 69.4 Å². The summed E-state index contributed by atoms with van der Waals surface area (Å²) < 4.78 is 12.1. The van der Waals surface area contributed by atoms with Crippen LogP contribution in [-0.2, 0) is 15.9 Å². The van der Waals surface area contributed by atoms with Gasteiger partial charge < -0.3 is 14.8 Å². The van der Waals surface area contributed by atoms with Crippen molar-refractivity contribution >= 4 is 6.09 Å². The molecule has 0 spiro atoms. The first-order valence-corrected chi connectivity index (χ1v) is 11.2. The molecule has 4 heteroatoms. The molecule has 0 aromatic heterocycles. The van der Waals surface area contributed by atoms with Gasteiger partial charge in [0.15, 0.2) is 0 Å². The van der Waals surface area contributed by atoms with Crippen molar-refractivity contribution in [3.63, 3.8) is 0 Å². The van der Waals surface area contributed by atoms with Crippen LogP contribution in [0.5, 0.6) is 0 Å². The first-order chi connectivity index (χ1) is 14.0. The summed E-state index contributed by atoms with van der Waals surface area (Å²) >= 11 is 0. The zero-order valence-electron chi connectivity index (χ0n) is 18.4. The van der Waals surface area contributed by atoms with Crippen LogP contribution in [0, 0.1) is 23.2 Å². The highest BCUT2D eigenvalue weighted by atomic mass is 16.6. The summed E-state index contributed by atoms with van der Waals surface area (Å²) in [5, 5.41) is 2.86. The van der Waals surface area contributed by atoms with Gasteiger partial charge in [-0.25, -0.2) is 4.79 Å². The van der Waals surface area contributed by atoms with Crippen LogP contribution in [0.15, 0.2) is 42.0 Å². The highest BCUT2D eigenvalue weighted by Gasteiger charge is 2.53. The molecule has 1 fully saturated rings. The van der Waals surface area contributed by atoms with Crippen molar-refractivity contribution in [2.75, 3.05) is 19.8 Å². The molecule has 4 nitrogen and oxygen atoms in total. The monoisotopic (exact) mass is 399 g/mol. The predicted molar refractivity (Wildman–Crippen MR) is 117 cm³/mol. The molecule has 1 saturated heterocycles. The van der Waals surface area contributed by atoms with E-state index in [4.69, 9.17) is 9.47 Å². The van der Waals surface area contributed by atoms with Crippen LogP contribution in [0.2, 0.25) is 0 Å². The molecule has 1 aromatic carbocycles. The quantitative estimate of drug-likeness (QED) is 0.472. The average molecular weight is 400 g/mol. The van der Waals surface area contributed by atoms with Crippen molar-refractivity contribution in [2.24, 2.45) is 23.2 Å². The second-order valence-corrected chi connectivity index (χ2v) is 8.98. The Balaban J connectivity index is 1.65. The van der Waals surface area contributed by atoms with Crippen molar-refractivity contribution in [2.45, 2.75) is 59.5 Å². The lowest BCUT2D eigenvalue weighted by Gasteiger charge is -2.55. The number of hydrogen-bond donors (Lipinski definition) is 1. The minimum absolute atomic E-state index is 0.143. The Morgan fingerprint density at radius 3 is 2.76 bits per heavy atom. The fraction of sp³-hybridized carbons (Fsp3) is 0.640. The number of carbonyl (C=O) groups is 1. The first kappa shape index (κ1) is 21.9. The smallest absolute Gasteiger partial charge is 0.407 e. The summed E-state index contributed by atoms with van der Waals surface area (Å²) in [7, 11) is 0. The number of ether oxygens (including phenoxy) is 2. The van der Waals surface area contributed by atoms with Gasteiger partial charge in [-0.2, -0.15) is 0 Å². The summed E-state index contributed by atoms with van der Waals surface area (Å²) in [6, 6.07) is 10.6. The van der Waals surface area contributed by atoms with E-state index in [1.165, 1.54) is 11.1 Å². The second kappa shape index (κ2) is 9.80. The third-order valence-electron chi connectivity index (χ3n) is 7.19. The Kier molecular flexibility index (Phi) is 7.39. The summed E-state index contributed by atoms with van der Waals surface area (Å²) in [5.74, 6) is 1.13. The van der Waals surface area contributed by atoms with Gasteiger partial charge in [-0.15, -0.1) is 0 Å². The van der Waals surface area contributed by atoms with Gasteiger partial charge in [0, 0.05) is 17.9 Å². The van der Waals surface area contributed by atoms with E-state index >= 15 is 0 Å². The van der Waals surface area contributed by atoms with Crippen LogP contribution in [0.3, 0.4) is 0 Å². The molecule has 2 bridgehead atoms. The van der Waals surface area contributed by atoms with E-state index in [1.807, 2.05) is 0 Å². The van der Waals surface area contributed by atoms with E-state index in [0.717, 1.165) is 25.7 Å². The number of nitrogens with one attached hydrogen (secondary N) is 1. The number of amides is 1. The molecule has 0 radical (unpaired) electrons. The molecule has 1 heterocycles. The first-order valence-electron chi connectivity index (χ1n) is 11.2. The number of fused-ring (bicyclic) bond motifs is 2. The van der Waals surface area contributed by atoms with Crippen molar-refractivity contribution in [3.05, 3.63) is 47.5 Å². The van der Waals surface area contributed by atoms with Gasteiger partial charge >= 0.3 is 6.09 Å². The van der Waals surface area contributed by atoms with Gasteiger partial charge in [-0.1, -0.05) is 69.2 Å². The normalized spacial score (nSPS) is 31.1. The molecular formula is C25H37NO3. The predicted octanol–water partition coefficient (Wildman–Crippen LogP) is 5.38. The van der Waals surface area contributed by atoms with Gasteiger partial charge in [-0.05, 0) is 43.6 Å². The topological polar surface area (TPSA) is 47.6 Å². The zero-order chi connectivity index (χ0) is 20.9. The maximum atomic E-state index is 12.1. The van der Waals surface area contributed by atoms with Gasteiger partial charge in [-0.3, -0.25) is 0 Å². The molecule has 3 rings (SSSR count). The highest BCUT2D eigenvalue weighted by Crippen LogP contribution is 2.53. The Morgan fingerprint density at radius 1 is 1.28 bits per heavy atom. The largest absolute Gasteiger partial charge is 0.449 e. The Bertz CT molecular complexity index is 701. The number of rotatable bonds is 8. The molecule has 5 atom stereocenters. The van der Waals surface area contributed by atoms with Crippen LogP contribution < -0.4 is 5.32 Å². The van der Waals surface area contributed by atoms with Crippen molar-refractivity contribution in [3.8, 4) is 0 Å². The van der Waals surface area contributed by atoms with Crippen molar-refractivity contribution < 1.29 is 14.3 Å². The van der Waals surface area contributed by atoms with Crippen molar-refractivity contribution in [1.29, 1.82) is 0 Å². The van der Waals surface area contributed by atoms with Crippen LogP contribution in [0.4, 0.5) is 4.79 Å². The molecule has 1 amide bonds. The third kappa shape index (κ3) is 4.85. The van der Waals surface area contributed by atoms with Crippen LogP contribution in [0.25, 0.3) is 0 Å². The second-order valence-electron chi connectivity index (χ2n) is 8.98. The standard InChI is InChI=1S/C25H37NO3/c1-5-6-14-26-24(27)29-17-25-16-28-22(13-12-21-10-8-7-9-11-21)23(20(25)4)18(2)15-19(25)3/h7-11,15,19-20,22-23H,5-6,12-14,16-17H2,1-4H3,(H,26,27)/t19-,20+,22+,23+,25+/m0/s1. The van der Waals surface area contributed by atoms with Crippen LogP contribution in [-0.4, -0.2) is 32.0 Å². The average Bonchev–Trinajstić information content (AvgIpc) is 2.71. The lowest BCUT2D eigenvalue weighted by Crippen LogP contribution is -2.57. The lowest BCUT2D eigenvalue weighted by molar-refractivity contribution is -0.164. The summed E-state index contributed by atoms with van der Waals surface area (Å²) in [6.07, 6.45) is 6.39. The number of allylic oxidation sites excluding steroid dienone is 1. The molecule has 1 aliphatic heterocycles. The minimum atomic E-state index is -0.304. The number of unbranched alkanes of at least 4 members (excludes halogenated alkanes) is 1. The summed E-state index contributed by atoms with van der Waals surface area (Å²) in [4.78, 5) is 12.1. The maximum Gasteiger partial charge on any atom is 0.407 e. The Labute approximate surface area is 176 Å². The molecule has 0 saturated carbocycles. The lowest BCUT2D eigenvalue weighted by atomic mass is 9.56. The molecule has 2 aliphatic rings. The molecule has 1 aromatic rings. The highest BCUT2D eigenvalue weighted by molar-refractivity contribution is 5.67. The molecule has 0 unspecified atom stereocenters. The fourth-order valence-electron chi connectivity index (χ4n) is 5.22. The number of alkyl carbamates (subject to hydrolysis) is 1. The van der Waals surface area contributed by atoms with Crippen LogP contribution in [0.1, 0.15) is 52.5 Å². The SMILES string of the molecule is CCCCNC(=O)OC[C@]12CO[C@H](CCc3ccccc3)[C@H](C(C)=C[C@@H]1C)[C@H]2C. The van der Waals surface area contributed by atoms with Gasteiger partial charge in [0.25, 0.3) is 0 Å². The van der Waals surface area contributed by atoms with Gasteiger partial charge in [0.2, 0.25) is 0 Å². The summed E-state index contributed by atoms with van der Waals surface area (Å²) in [5.41, 5.74) is 2.64. The molecule has 29 heavy (non-hydrogen) atoms.